The second-order valence-electron chi connectivity index (χ2n) is 19.8. The third-order valence-electron chi connectivity index (χ3n) is 10.00. The van der Waals surface area contributed by atoms with E-state index in [2.05, 4.69) is 134 Å². The van der Waals surface area contributed by atoms with Gasteiger partial charge in [-0.1, -0.05) is 126 Å². The average molecular weight is 636 g/mol. The van der Waals surface area contributed by atoms with Crippen LogP contribution in [0.25, 0.3) is 0 Å². The fourth-order valence-electron chi connectivity index (χ4n) is 9.02. The molecule has 0 aromatic heterocycles. The molecule has 3 rings (SSSR count). The molecule has 1 atom stereocenters. The second-order valence-corrected chi connectivity index (χ2v) is 19.8. The molecule has 1 nitrogen and oxygen atoms in total. The van der Waals surface area contributed by atoms with Crippen LogP contribution in [0.4, 0.5) is 0 Å². The average Bonchev–Trinajstić information content (AvgIpc) is 2.81. The van der Waals surface area contributed by atoms with E-state index in [-0.39, 0.29) is 21.9 Å². The molecule has 1 unspecified atom stereocenters. The Morgan fingerprint density at radius 1 is 0.913 bits per heavy atom. The summed E-state index contributed by atoms with van der Waals surface area (Å²) in [6.07, 6.45) is 14.5. The molecule has 1 aromatic carbocycles. The van der Waals surface area contributed by atoms with Crippen molar-refractivity contribution in [2.75, 3.05) is 0 Å². The number of nitrogens with one attached hydrogen (secondary N) is 1. The summed E-state index contributed by atoms with van der Waals surface area (Å²) in [6.45, 7) is 47.9. The van der Waals surface area contributed by atoms with Crippen molar-refractivity contribution in [3.05, 3.63) is 59.2 Å². The standard InChI is InChI=1S/C31H52.C12H23N.C2H6/c1-13-14-15-31(21-25-18-26(30(10,11)12)16-22(2)27(25)31)23(3)17-24(19-28(4,5)6)20-29(7,8)9;1-6-7-10-8-11(2,3)13-12(4,5)9-10;1-2/h16,18,24H,3,13-15,17,19-21H2,1-2,4-12H3;6,10,13H,1,7-9H2,2-5H3;1-2H3. The van der Waals surface area contributed by atoms with Crippen molar-refractivity contribution in [2.24, 2.45) is 22.7 Å². The minimum Gasteiger partial charge on any atom is -0.307 e. The quantitative estimate of drug-likeness (QED) is 0.252. The third-order valence-corrected chi connectivity index (χ3v) is 10.00. The van der Waals surface area contributed by atoms with Crippen LogP contribution in [0, 0.1) is 29.6 Å². The Morgan fingerprint density at radius 2 is 1.41 bits per heavy atom. The summed E-state index contributed by atoms with van der Waals surface area (Å²) in [6, 6.07) is 4.97. The van der Waals surface area contributed by atoms with E-state index in [0.717, 1.165) is 12.3 Å². The zero-order valence-electron chi connectivity index (χ0n) is 34.4. The number of rotatable bonds is 10. The summed E-state index contributed by atoms with van der Waals surface area (Å²) in [5, 5.41) is 3.69. The van der Waals surface area contributed by atoms with E-state index in [0.29, 0.717) is 16.7 Å². The van der Waals surface area contributed by atoms with Crippen molar-refractivity contribution in [3.63, 3.8) is 0 Å². The van der Waals surface area contributed by atoms with E-state index in [9.17, 15) is 0 Å². The summed E-state index contributed by atoms with van der Waals surface area (Å²) in [4.78, 5) is 0. The molecule has 46 heavy (non-hydrogen) atoms. The Bertz CT molecular complexity index is 1060. The summed E-state index contributed by atoms with van der Waals surface area (Å²) < 4.78 is 0. The van der Waals surface area contributed by atoms with Gasteiger partial charge in [0, 0.05) is 16.5 Å². The largest absolute Gasteiger partial charge is 0.307 e. The highest BCUT2D eigenvalue weighted by Crippen LogP contribution is 2.54. The maximum Gasteiger partial charge on any atom is 0.0205 e. The Hall–Kier alpha value is -1.34. The molecule has 0 bridgehead atoms. The van der Waals surface area contributed by atoms with Crippen LogP contribution in [0.1, 0.15) is 191 Å². The van der Waals surface area contributed by atoms with Gasteiger partial charge < -0.3 is 5.32 Å². The Morgan fingerprint density at radius 3 is 1.80 bits per heavy atom. The first kappa shape index (κ1) is 42.7. The van der Waals surface area contributed by atoms with Gasteiger partial charge in [-0.05, 0) is 136 Å². The molecule has 1 heteroatoms. The van der Waals surface area contributed by atoms with E-state index in [1.165, 1.54) is 74.5 Å². The molecule has 1 heterocycles. The van der Waals surface area contributed by atoms with Crippen LogP contribution in [0.5, 0.6) is 0 Å². The number of hydrogen-bond donors (Lipinski definition) is 1. The van der Waals surface area contributed by atoms with Gasteiger partial charge in [-0.25, -0.2) is 0 Å². The van der Waals surface area contributed by atoms with E-state index < -0.39 is 0 Å². The van der Waals surface area contributed by atoms with Gasteiger partial charge in [-0.15, -0.1) is 6.58 Å². The topological polar surface area (TPSA) is 12.0 Å². The lowest BCUT2D eigenvalue weighted by molar-refractivity contribution is 0.130. The molecule has 1 saturated heterocycles. The van der Waals surface area contributed by atoms with Crippen LogP contribution in [0.15, 0.2) is 36.9 Å². The highest BCUT2D eigenvalue weighted by atomic mass is 15.0. The maximum atomic E-state index is 4.81. The van der Waals surface area contributed by atoms with Gasteiger partial charge in [0.1, 0.15) is 0 Å². The molecule has 1 fully saturated rings. The Kier molecular flexibility index (Phi) is 15.2. The fraction of sp³-hybridized carbons (Fsp3) is 0.778. The maximum absolute atomic E-state index is 4.81. The van der Waals surface area contributed by atoms with Crippen LogP contribution in [-0.4, -0.2) is 11.1 Å². The van der Waals surface area contributed by atoms with Gasteiger partial charge in [0.05, 0.1) is 0 Å². The summed E-state index contributed by atoms with van der Waals surface area (Å²) in [7, 11) is 0. The molecule has 1 aliphatic heterocycles. The lowest BCUT2D eigenvalue weighted by Gasteiger charge is -2.49. The number of aryl methyl sites for hydroxylation is 1. The van der Waals surface area contributed by atoms with Crippen molar-refractivity contribution in [2.45, 2.75) is 204 Å². The molecule has 2 aliphatic rings. The molecule has 266 valence electrons. The predicted molar refractivity (Wildman–Crippen MR) is 210 cm³/mol. The van der Waals surface area contributed by atoms with Crippen LogP contribution in [-0.2, 0) is 17.3 Å². The zero-order chi connectivity index (χ0) is 35.9. The number of allylic oxidation sites excluding steroid dienone is 2. The number of benzene rings is 1. The van der Waals surface area contributed by atoms with Crippen LogP contribution in [0.2, 0.25) is 0 Å². The van der Waals surface area contributed by atoms with Gasteiger partial charge in [-0.2, -0.15) is 0 Å². The van der Waals surface area contributed by atoms with Crippen molar-refractivity contribution in [3.8, 4) is 0 Å². The molecular weight excluding hydrogens is 555 g/mol. The normalized spacial score (nSPS) is 20.8. The SMILES string of the molecule is C=C(CC(CC(C)(C)C)CC(C)(C)C)C1(CCCC)Cc2cc(C(C)(C)C)cc(C)c21.C=CCC1CC(C)(C)NC(C)(C)C1.CC. The van der Waals surface area contributed by atoms with Gasteiger partial charge in [0.2, 0.25) is 0 Å². The number of piperidine rings is 1. The molecular formula is C45H81N. The van der Waals surface area contributed by atoms with Crippen LogP contribution < -0.4 is 5.32 Å². The van der Waals surface area contributed by atoms with Crippen molar-refractivity contribution >= 4 is 0 Å². The van der Waals surface area contributed by atoms with Gasteiger partial charge in [-0.3, -0.25) is 0 Å². The van der Waals surface area contributed by atoms with Crippen molar-refractivity contribution in [1.29, 1.82) is 0 Å². The minimum absolute atomic E-state index is 0.208. The van der Waals surface area contributed by atoms with Gasteiger partial charge in [0.25, 0.3) is 0 Å². The first-order valence-corrected chi connectivity index (χ1v) is 19.1. The van der Waals surface area contributed by atoms with Crippen LogP contribution >= 0.6 is 0 Å². The molecule has 0 radical (unpaired) electrons. The lowest BCUT2D eigenvalue weighted by atomic mass is 9.54. The molecule has 1 aliphatic carbocycles. The number of fused-ring (bicyclic) bond motifs is 1. The smallest absolute Gasteiger partial charge is 0.0205 e. The van der Waals surface area contributed by atoms with E-state index in [1.54, 1.807) is 11.1 Å². The second kappa shape index (κ2) is 16.4. The van der Waals surface area contributed by atoms with E-state index in [4.69, 9.17) is 6.58 Å². The summed E-state index contributed by atoms with van der Waals surface area (Å²) >= 11 is 0. The fourth-order valence-corrected chi connectivity index (χ4v) is 9.02. The Balaban J connectivity index is 0.000000586. The number of unbranched alkanes of at least 4 members (excludes halogenated alkanes) is 1. The minimum atomic E-state index is 0.208. The molecule has 1 aromatic rings. The summed E-state index contributed by atoms with van der Waals surface area (Å²) in [5.41, 5.74) is 9.43. The van der Waals surface area contributed by atoms with Crippen LogP contribution in [0.3, 0.4) is 0 Å². The van der Waals surface area contributed by atoms with E-state index in [1.807, 2.05) is 13.8 Å². The zero-order valence-corrected chi connectivity index (χ0v) is 34.4. The van der Waals surface area contributed by atoms with Gasteiger partial charge in [0.15, 0.2) is 0 Å². The molecule has 0 spiro atoms. The highest BCUT2D eigenvalue weighted by molar-refractivity contribution is 5.57. The summed E-state index contributed by atoms with van der Waals surface area (Å²) in [5.74, 6) is 1.52. The molecule has 1 N–H and O–H groups in total. The predicted octanol–water partition coefficient (Wildman–Crippen LogP) is 13.9. The van der Waals surface area contributed by atoms with Crippen molar-refractivity contribution in [1.82, 2.24) is 5.32 Å². The first-order valence-electron chi connectivity index (χ1n) is 19.1. The van der Waals surface area contributed by atoms with E-state index >= 15 is 0 Å². The highest BCUT2D eigenvalue weighted by Gasteiger charge is 2.46. The van der Waals surface area contributed by atoms with Crippen molar-refractivity contribution < 1.29 is 0 Å². The monoisotopic (exact) mass is 636 g/mol. The Labute approximate surface area is 290 Å². The third kappa shape index (κ3) is 12.9. The first-order chi connectivity index (χ1) is 20.8. The lowest BCUT2D eigenvalue weighted by Crippen LogP contribution is -2.57. The van der Waals surface area contributed by atoms with Gasteiger partial charge >= 0.3 is 0 Å². The number of hydrogen-bond acceptors (Lipinski definition) is 1. The molecule has 0 amide bonds. The molecule has 0 saturated carbocycles.